The molecule has 0 fully saturated rings. The van der Waals surface area contributed by atoms with Crippen LogP contribution in [-0.2, 0) is 35.0 Å². The Hall–Kier alpha value is -9.27. The van der Waals surface area contributed by atoms with E-state index in [2.05, 4.69) is 0 Å². The molecule has 0 amide bonds. The minimum atomic E-state index is -1.33. The molecule has 0 N–H and O–H groups in total. The molecule has 9 rings (SSSR count). The molecule has 0 spiro atoms. The van der Waals surface area contributed by atoms with Crippen LogP contribution < -0.4 is 71.1 Å². The fourth-order valence-corrected chi connectivity index (χ4v) is 11.7. The SMILES string of the molecule is COc1cc(OC)c2c(c1)O[C@H](c1ccc(OC)c(OC)c1)[C@@H](OC(C)=O)[C@@H]2c1c(OC)cc(OC)c2c1O[C@H](c1ccc(OC)c(OC)c1)[C@@H](OC(C)=O)[C@@H]2c1c(OC)cc(OC)c2c1O[C@H](c1ccc(OC)c(OC)c1)[C@@H](OC(C)=O)C2. The number of carbonyl (C=O) groups is 3. The van der Waals surface area contributed by atoms with Gasteiger partial charge in [-0.15, -0.1) is 0 Å². The Morgan fingerprint density at radius 1 is 0.357 bits per heavy atom. The molecule has 446 valence electrons. The summed E-state index contributed by atoms with van der Waals surface area (Å²) in [5, 5.41) is 0. The summed E-state index contributed by atoms with van der Waals surface area (Å²) < 4.78 is 113. The van der Waals surface area contributed by atoms with E-state index < -0.39 is 66.4 Å². The first kappa shape index (κ1) is 59.4. The fourth-order valence-electron chi connectivity index (χ4n) is 11.7. The van der Waals surface area contributed by atoms with Gasteiger partial charge in [-0.1, -0.05) is 18.2 Å². The van der Waals surface area contributed by atoms with Crippen molar-refractivity contribution in [3.63, 3.8) is 0 Å². The maximum absolute atomic E-state index is 14.0. The van der Waals surface area contributed by atoms with Crippen molar-refractivity contribution in [1.29, 1.82) is 0 Å². The summed E-state index contributed by atoms with van der Waals surface area (Å²) in [6, 6.07) is 22.5. The van der Waals surface area contributed by atoms with Crippen LogP contribution in [-0.4, -0.2) is 122 Å². The molecule has 0 radical (unpaired) electrons. The zero-order valence-corrected chi connectivity index (χ0v) is 49.4. The van der Waals surface area contributed by atoms with Crippen molar-refractivity contribution in [2.45, 2.75) is 75.7 Å². The van der Waals surface area contributed by atoms with Crippen LogP contribution in [0.4, 0.5) is 0 Å². The van der Waals surface area contributed by atoms with Crippen molar-refractivity contribution < 1.29 is 99.6 Å². The molecule has 21 nitrogen and oxygen atoms in total. The lowest BCUT2D eigenvalue weighted by Crippen LogP contribution is -2.42. The second kappa shape index (κ2) is 25.1. The number of ether oxygens (including phenoxy) is 18. The Morgan fingerprint density at radius 3 is 1.14 bits per heavy atom. The maximum atomic E-state index is 14.0. The third-order valence-electron chi connectivity index (χ3n) is 15.2. The van der Waals surface area contributed by atoms with Gasteiger partial charge in [0.25, 0.3) is 0 Å². The molecule has 0 saturated carbocycles. The monoisotopic (exact) mass is 1160 g/mol. The number of hydrogen-bond donors (Lipinski definition) is 0. The summed E-state index contributed by atoms with van der Waals surface area (Å²) in [5.74, 6) is 0.426. The van der Waals surface area contributed by atoms with Crippen molar-refractivity contribution in [2.75, 3.05) is 85.3 Å². The highest BCUT2D eigenvalue weighted by atomic mass is 16.6. The van der Waals surface area contributed by atoms with Crippen molar-refractivity contribution in [1.82, 2.24) is 0 Å². The Kier molecular flexibility index (Phi) is 17.7. The highest BCUT2D eigenvalue weighted by molar-refractivity contribution is 5.74. The van der Waals surface area contributed by atoms with Crippen molar-refractivity contribution in [2.24, 2.45) is 0 Å². The molecule has 8 atom stereocenters. The van der Waals surface area contributed by atoms with Crippen LogP contribution in [0.25, 0.3) is 0 Å². The molecule has 0 saturated heterocycles. The van der Waals surface area contributed by atoms with E-state index in [-0.39, 0.29) is 46.7 Å². The van der Waals surface area contributed by atoms with E-state index in [1.807, 2.05) is 0 Å². The van der Waals surface area contributed by atoms with Gasteiger partial charge in [0, 0.05) is 96.0 Å². The predicted octanol–water partition coefficient (Wildman–Crippen LogP) is 9.79. The summed E-state index contributed by atoms with van der Waals surface area (Å²) in [4.78, 5) is 41.0. The first-order valence-electron chi connectivity index (χ1n) is 26.6. The number of carbonyl (C=O) groups excluding carboxylic acids is 3. The van der Waals surface area contributed by atoms with E-state index in [9.17, 15) is 14.4 Å². The molecule has 21 heteroatoms. The van der Waals surface area contributed by atoms with E-state index in [1.165, 1.54) is 106 Å². The van der Waals surface area contributed by atoms with E-state index in [1.54, 1.807) is 78.9 Å². The van der Waals surface area contributed by atoms with E-state index in [0.29, 0.717) is 90.5 Å². The minimum Gasteiger partial charge on any atom is -0.496 e. The van der Waals surface area contributed by atoms with Gasteiger partial charge in [0.15, 0.2) is 65.0 Å². The number of methoxy groups -OCH3 is 12. The lowest BCUT2D eigenvalue weighted by molar-refractivity contribution is -0.154. The molecule has 0 aliphatic carbocycles. The molecule has 3 aliphatic rings. The van der Waals surface area contributed by atoms with E-state index in [0.717, 1.165) is 0 Å². The van der Waals surface area contributed by atoms with Gasteiger partial charge >= 0.3 is 17.9 Å². The molecule has 6 aromatic carbocycles. The highest BCUT2D eigenvalue weighted by Crippen LogP contribution is 2.64. The molecule has 3 heterocycles. The number of hydrogen-bond acceptors (Lipinski definition) is 21. The molecule has 0 bridgehead atoms. The van der Waals surface area contributed by atoms with Gasteiger partial charge < -0.3 is 85.3 Å². The average Bonchev–Trinajstić information content (AvgIpc) is 0.791. The fraction of sp³-hybridized carbons (Fsp3) is 0.381. The quantitative estimate of drug-likeness (QED) is 0.0513. The Balaban J connectivity index is 1.45. The Morgan fingerprint density at radius 2 is 0.726 bits per heavy atom. The Bertz CT molecular complexity index is 3450. The van der Waals surface area contributed by atoms with E-state index in [4.69, 9.17) is 85.3 Å². The van der Waals surface area contributed by atoms with E-state index >= 15 is 0 Å². The summed E-state index contributed by atoms with van der Waals surface area (Å²) in [6.45, 7) is 3.91. The van der Waals surface area contributed by atoms with Crippen molar-refractivity contribution in [3.05, 3.63) is 123 Å². The summed E-state index contributed by atoms with van der Waals surface area (Å²) in [7, 11) is 18.0. The van der Waals surface area contributed by atoms with Gasteiger partial charge in [0.05, 0.1) is 97.2 Å². The van der Waals surface area contributed by atoms with Crippen LogP contribution >= 0.6 is 0 Å². The summed E-state index contributed by atoms with van der Waals surface area (Å²) in [5.41, 5.74) is 3.38. The maximum Gasteiger partial charge on any atom is 0.303 e. The number of esters is 3. The van der Waals surface area contributed by atoms with Gasteiger partial charge in [-0.2, -0.15) is 0 Å². The average molecular weight is 1160 g/mol. The van der Waals surface area contributed by atoms with Gasteiger partial charge in [0.1, 0.15) is 57.8 Å². The van der Waals surface area contributed by atoms with Crippen LogP contribution in [0, 0.1) is 0 Å². The topological polar surface area (TPSA) is 217 Å². The molecular formula is C63H68O21. The van der Waals surface area contributed by atoms with Gasteiger partial charge in [-0.25, -0.2) is 0 Å². The number of rotatable bonds is 20. The van der Waals surface area contributed by atoms with Crippen LogP contribution in [0.3, 0.4) is 0 Å². The van der Waals surface area contributed by atoms with Crippen molar-refractivity contribution >= 4 is 17.9 Å². The molecule has 0 aromatic heterocycles. The van der Waals surface area contributed by atoms with Gasteiger partial charge in [0.2, 0.25) is 0 Å². The van der Waals surface area contributed by atoms with Gasteiger partial charge in [-0.05, 0) is 36.4 Å². The molecular weight excluding hydrogens is 1090 g/mol. The number of benzene rings is 6. The second-order valence-electron chi connectivity index (χ2n) is 19.6. The summed E-state index contributed by atoms with van der Waals surface area (Å²) in [6.07, 6.45) is -6.83. The highest BCUT2D eigenvalue weighted by Gasteiger charge is 2.54. The van der Waals surface area contributed by atoms with Crippen molar-refractivity contribution in [3.8, 4) is 86.2 Å². The standard InChI is InChI=1S/C63H68O21/c1-30(64)79-50-27-37-41(71-8)28-46(76-13)52(60(37)83-57(50)33-16-19-38(68-5)42(22-33)72-9)56-54-48(78-15)29-47(77-14)53(61(54)84-59(63(56)81-32(3)66)35-18-21-40(70-7)44(24-35)74-11)55-51-45(75-12)25-36(67-4)26-49(51)82-58(62(55)80-31(2)65)34-17-20-39(69-6)43(23-34)73-10/h16-26,28-29,50,55-59,62-63H,27H2,1-15H3/t50-,55-,56+,57+,58+,59+,62-,63-/m0/s1. The third kappa shape index (κ3) is 10.8. The van der Waals surface area contributed by atoms with Crippen LogP contribution in [0.5, 0.6) is 86.2 Å². The third-order valence-corrected chi connectivity index (χ3v) is 15.2. The predicted molar refractivity (Wildman–Crippen MR) is 301 cm³/mol. The zero-order chi connectivity index (χ0) is 60.3. The van der Waals surface area contributed by atoms with Crippen LogP contribution in [0.2, 0.25) is 0 Å². The van der Waals surface area contributed by atoms with Crippen LogP contribution in [0.15, 0.2) is 78.9 Å². The smallest absolute Gasteiger partial charge is 0.303 e. The lowest BCUT2D eigenvalue weighted by Gasteiger charge is -2.45. The molecule has 6 aromatic rings. The largest absolute Gasteiger partial charge is 0.496 e. The minimum absolute atomic E-state index is 0.0518. The Labute approximate surface area is 486 Å². The van der Waals surface area contributed by atoms with Crippen LogP contribution in [0.1, 0.15) is 95.4 Å². The number of fused-ring (bicyclic) bond motifs is 3. The normalized spacial score (nSPS) is 20.0. The molecule has 84 heavy (non-hydrogen) atoms. The van der Waals surface area contributed by atoms with Gasteiger partial charge in [-0.3, -0.25) is 14.4 Å². The molecule has 3 aliphatic heterocycles. The first-order valence-corrected chi connectivity index (χ1v) is 26.6. The lowest BCUT2D eigenvalue weighted by atomic mass is 9.73. The molecule has 0 unspecified atom stereocenters. The zero-order valence-electron chi connectivity index (χ0n) is 49.4. The first-order chi connectivity index (χ1) is 40.6. The summed E-state index contributed by atoms with van der Waals surface area (Å²) >= 11 is 0. The second-order valence-corrected chi connectivity index (χ2v) is 19.6.